The zero-order valence-corrected chi connectivity index (χ0v) is 11.9. The number of pyridine rings is 1. The lowest BCUT2D eigenvalue weighted by Crippen LogP contribution is -2.30. The second-order valence-electron chi connectivity index (χ2n) is 4.87. The van der Waals surface area contributed by atoms with Crippen LogP contribution in [0.3, 0.4) is 0 Å². The number of rotatable bonds is 2. The summed E-state index contributed by atoms with van der Waals surface area (Å²) in [7, 11) is 0. The molecule has 4 nitrogen and oxygen atoms in total. The quantitative estimate of drug-likeness (QED) is 0.842. The zero-order chi connectivity index (χ0) is 13.1. The van der Waals surface area contributed by atoms with Crippen LogP contribution in [0.4, 0.5) is 5.82 Å². The highest BCUT2D eigenvalue weighted by molar-refractivity contribution is 7.99. The summed E-state index contributed by atoms with van der Waals surface area (Å²) in [5.74, 6) is 1.04. The van der Waals surface area contributed by atoms with Crippen molar-refractivity contribution in [2.45, 2.75) is 24.5 Å². The highest BCUT2D eigenvalue weighted by Crippen LogP contribution is 2.24. The first kappa shape index (κ1) is 12.7. The lowest BCUT2D eigenvalue weighted by molar-refractivity contribution is 0.736. The van der Waals surface area contributed by atoms with E-state index in [1.54, 1.807) is 12.4 Å². The molecule has 19 heavy (non-hydrogen) atoms. The molecule has 0 saturated carbocycles. The molecule has 1 atom stereocenters. The van der Waals surface area contributed by atoms with Gasteiger partial charge in [-0.25, -0.2) is 9.97 Å². The van der Waals surface area contributed by atoms with Crippen molar-refractivity contribution in [2.75, 3.05) is 24.2 Å². The van der Waals surface area contributed by atoms with Crippen molar-refractivity contribution in [1.29, 1.82) is 0 Å². The van der Waals surface area contributed by atoms with Crippen LogP contribution in [0, 0.1) is 0 Å². The summed E-state index contributed by atoms with van der Waals surface area (Å²) in [6, 6.07) is 4.09. The third-order valence-electron chi connectivity index (χ3n) is 3.60. The summed E-state index contributed by atoms with van der Waals surface area (Å²) in [5.41, 5.74) is 1.60. The average Bonchev–Trinajstić information content (AvgIpc) is 2.72. The number of hydrogen-bond donors (Lipinski definition) is 0. The lowest BCUT2D eigenvalue weighted by atomic mass is 10.2. The van der Waals surface area contributed by atoms with E-state index in [0.717, 1.165) is 30.1 Å². The van der Waals surface area contributed by atoms with Gasteiger partial charge in [-0.3, -0.25) is 4.98 Å². The Bertz CT molecular complexity index is 560. The Hall–Kier alpha value is -1.36. The van der Waals surface area contributed by atoms with Crippen LogP contribution in [0.25, 0.3) is 11.2 Å². The molecule has 0 spiro atoms. The Morgan fingerprint density at radius 2 is 2.11 bits per heavy atom. The van der Waals surface area contributed by atoms with Crippen molar-refractivity contribution in [1.82, 2.24) is 15.0 Å². The van der Waals surface area contributed by atoms with E-state index in [0.29, 0.717) is 5.25 Å². The van der Waals surface area contributed by atoms with Crippen LogP contribution in [-0.4, -0.2) is 39.5 Å². The topological polar surface area (TPSA) is 41.9 Å². The van der Waals surface area contributed by atoms with Gasteiger partial charge in [0.1, 0.15) is 11.3 Å². The van der Waals surface area contributed by atoms with Gasteiger partial charge in [0.25, 0.3) is 0 Å². The molecule has 1 aliphatic heterocycles. The molecule has 0 aliphatic carbocycles. The van der Waals surface area contributed by atoms with Crippen molar-refractivity contribution >= 4 is 28.7 Å². The molecule has 3 rings (SSSR count). The van der Waals surface area contributed by atoms with Crippen molar-refractivity contribution in [3.63, 3.8) is 0 Å². The van der Waals surface area contributed by atoms with Crippen LogP contribution < -0.4 is 4.90 Å². The molecular weight excluding hydrogens is 256 g/mol. The molecule has 3 heterocycles. The van der Waals surface area contributed by atoms with Crippen LogP contribution >= 0.6 is 11.8 Å². The van der Waals surface area contributed by atoms with Crippen LogP contribution in [0.15, 0.2) is 24.5 Å². The van der Waals surface area contributed by atoms with Gasteiger partial charge < -0.3 is 4.90 Å². The van der Waals surface area contributed by atoms with E-state index in [1.165, 1.54) is 19.3 Å². The van der Waals surface area contributed by atoms with Crippen LogP contribution in [0.2, 0.25) is 0 Å². The molecule has 1 saturated heterocycles. The Morgan fingerprint density at radius 3 is 3.00 bits per heavy atom. The third-order valence-corrected chi connectivity index (χ3v) is 4.65. The van der Waals surface area contributed by atoms with Crippen molar-refractivity contribution < 1.29 is 0 Å². The number of fused-ring (bicyclic) bond motifs is 1. The van der Waals surface area contributed by atoms with Crippen LogP contribution in [-0.2, 0) is 0 Å². The number of hydrogen-bond acceptors (Lipinski definition) is 5. The molecule has 0 radical (unpaired) electrons. The predicted molar refractivity (Wildman–Crippen MR) is 80.7 cm³/mol. The molecule has 2 aromatic rings. The summed E-state index contributed by atoms with van der Waals surface area (Å²) in [4.78, 5) is 15.6. The SMILES string of the molecule is CSC1CCCCN(c2ccc3nccnc3n2)C1. The molecular formula is C14H18N4S. The number of aromatic nitrogens is 3. The molecule has 0 N–H and O–H groups in total. The molecule has 0 aromatic carbocycles. The molecule has 1 unspecified atom stereocenters. The minimum Gasteiger partial charge on any atom is -0.355 e. The molecule has 0 amide bonds. The average molecular weight is 274 g/mol. The maximum absolute atomic E-state index is 4.65. The van der Waals surface area contributed by atoms with E-state index in [2.05, 4.69) is 32.2 Å². The number of nitrogens with zero attached hydrogens (tertiary/aromatic N) is 4. The van der Waals surface area contributed by atoms with Gasteiger partial charge in [0.15, 0.2) is 5.65 Å². The largest absolute Gasteiger partial charge is 0.355 e. The second-order valence-corrected chi connectivity index (χ2v) is 6.01. The molecule has 5 heteroatoms. The molecule has 100 valence electrons. The molecule has 1 aliphatic rings. The van der Waals surface area contributed by atoms with Gasteiger partial charge >= 0.3 is 0 Å². The smallest absolute Gasteiger partial charge is 0.180 e. The summed E-state index contributed by atoms with van der Waals surface area (Å²) in [5, 5.41) is 0.710. The predicted octanol–water partition coefficient (Wildman–Crippen LogP) is 2.75. The van der Waals surface area contributed by atoms with Gasteiger partial charge in [0.05, 0.1) is 0 Å². The maximum atomic E-state index is 4.65. The van der Waals surface area contributed by atoms with Gasteiger partial charge in [0.2, 0.25) is 0 Å². The van der Waals surface area contributed by atoms with E-state index >= 15 is 0 Å². The van der Waals surface area contributed by atoms with Gasteiger partial charge in [-0.1, -0.05) is 6.42 Å². The Morgan fingerprint density at radius 1 is 1.21 bits per heavy atom. The molecule has 0 bridgehead atoms. The number of thioether (sulfide) groups is 1. The first-order valence-electron chi connectivity index (χ1n) is 6.72. The standard InChI is InChI=1S/C14H18N4S/c1-19-11-4-2-3-9-18(10-11)13-6-5-12-14(17-13)16-8-7-15-12/h5-8,11H,2-4,9-10H2,1H3. The zero-order valence-electron chi connectivity index (χ0n) is 11.1. The maximum Gasteiger partial charge on any atom is 0.180 e. The van der Waals surface area contributed by atoms with E-state index in [9.17, 15) is 0 Å². The Labute approximate surface area is 117 Å². The highest BCUT2D eigenvalue weighted by Gasteiger charge is 2.18. The Balaban J connectivity index is 1.89. The third kappa shape index (κ3) is 2.81. The van der Waals surface area contributed by atoms with Gasteiger partial charge in [-0.05, 0) is 31.2 Å². The minimum atomic E-state index is 0.710. The van der Waals surface area contributed by atoms with Crippen molar-refractivity contribution in [2.24, 2.45) is 0 Å². The lowest BCUT2D eigenvalue weighted by Gasteiger charge is -2.24. The molecule has 1 fully saturated rings. The van der Waals surface area contributed by atoms with Crippen molar-refractivity contribution in [3.8, 4) is 0 Å². The molecule has 2 aromatic heterocycles. The fraction of sp³-hybridized carbons (Fsp3) is 0.500. The summed E-state index contributed by atoms with van der Waals surface area (Å²) < 4.78 is 0. The van der Waals surface area contributed by atoms with E-state index in [4.69, 9.17) is 0 Å². The van der Waals surface area contributed by atoms with E-state index in [1.807, 2.05) is 17.8 Å². The summed E-state index contributed by atoms with van der Waals surface area (Å²) in [6.45, 7) is 2.18. The first-order chi connectivity index (χ1) is 9.36. The minimum absolute atomic E-state index is 0.710. The van der Waals surface area contributed by atoms with Crippen molar-refractivity contribution in [3.05, 3.63) is 24.5 Å². The number of anilines is 1. The summed E-state index contributed by atoms with van der Waals surface area (Å²) in [6.07, 6.45) is 9.48. The monoisotopic (exact) mass is 274 g/mol. The van der Waals surface area contributed by atoms with E-state index in [-0.39, 0.29) is 0 Å². The fourth-order valence-electron chi connectivity index (χ4n) is 2.52. The van der Waals surface area contributed by atoms with Gasteiger partial charge in [-0.15, -0.1) is 0 Å². The van der Waals surface area contributed by atoms with Gasteiger partial charge in [0, 0.05) is 30.7 Å². The normalized spacial score (nSPS) is 20.5. The Kier molecular flexibility index (Phi) is 3.82. The van der Waals surface area contributed by atoms with Gasteiger partial charge in [-0.2, -0.15) is 11.8 Å². The van der Waals surface area contributed by atoms with Crippen LogP contribution in [0.1, 0.15) is 19.3 Å². The van der Waals surface area contributed by atoms with Crippen LogP contribution in [0.5, 0.6) is 0 Å². The summed E-state index contributed by atoms with van der Waals surface area (Å²) >= 11 is 1.96. The first-order valence-corrected chi connectivity index (χ1v) is 8.01. The van der Waals surface area contributed by atoms with E-state index < -0.39 is 0 Å². The highest BCUT2D eigenvalue weighted by atomic mass is 32.2. The fourth-order valence-corrected chi connectivity index (χ4v) is 3.26. The second kappa shape index (κ2) is 5.74.